The Bertz CT molecular complexity index is 584. The Kier molecular flexibility index (Phi) is 3.30. The molecule has 0 bridgehead atoms. The lowest BCUT2D eigenvalue weighted by Crippen LogP contribution is -2.12. The second-order valence-electron chi connectivity index (χ2n) is 4.19. The average molecular weight is 249 g/mol. The largest absolute Gasteiger partial charge is 0.508 e. The minimum atomic E-state index is -0.768. The van der Waals surface area contributed by atoms with E-state index >= 15 is 0 Å². The molecule has 2 nitrogen and oxygen atoms in total. The molecule has 0 aliphatic carbocycles. The van der Waals surface area contributed by atoms with Gasteiger partial charge in [-0.2, -0.15) is 0 Å². The Hall–Kier alpha value is -1.94. The SMILES string of the molecule is Cc1ccc(C(N)c2cc(F)ccc2O)cc1F. The highest BCUT2D eigenvalue weighted by Crippen LogP contribution is 2.28. The lowest BCUT2D eigenvalue weighted by atomic mass is 9.97. The molecule has 0 saturated heterocycles. The van der Waals surface area contributed by atoms with Crippen molar-refractivity contribution in [2.45, 2.75) is 13.0 Å². The maximum Gasteiger partial charge on any atom is 0.126 e. The van der Waals surface area contributed by atoms with Crippen LogP contribution in [0.5, 0.6) is 5.75 Å². The quantitative estimate of drug-likeness (QED) is 0.859. The highest BCUT2D eigenvalue weighted by Gasteiger charge is 2.15. The number of hydrogen-bond acceptors (Lipinski definition) is 2. The number of phenols is 1. The zero-order chi connectivity index (χ0) is 13.3. The number of halogens is 2. The molecule has 0 amide bonds. The van der Waals surface area contributed by atoms with Crippen LogP contribution in [-0.2, 0) is 0 Å². The summed E-state index contributed by atoms with van der Waals surface area (Å²) in [5, 5.41) is 9.65. The van der Waals surface area contributed by atoms with Gasteiger partial charge >= 0.3 is 0 Å². The summed E-state index contributed by atoms with van der Waals surface area (Å²) in [5.74, 6) is -0.977. The van der Waals surface area contributed by atoms with E-state index < -0.39 is 11.9 Å². The van der Waals surface area contributed by atoms with Crippen molar-refractivity contribution in [3.8, 4) is 5.75 Å². The van der Waals surface area contributed by atoms with Crippen molar-refractivity contribution in [3.05, 3.63) is 64.7 Å². The molecule has 94 valence electrons. The topological polar surface area (TPSA) is 46.2 Å². The number of aryl methyl sites for hydroxylation is 1. The molecule has 4 heteroatoms. The fourth-order valence-electron chi connectivity index (χ4n) is 1.76. The van der Waals surface area contributed by atoms with E-state index in [0.717, 1.165) is 12.1 Å². The Morgan fingerprint density at radius 2 is 1.83 bits per heavy atom. The van der Waals surface area contributed by atoms with Gasteiger partial charge in [-0.1, -0.05) is 12.1 Å². The highest BCUT2D eigenvalue weighted by molar-refractivity contribution is 5.41. The van der Waals surface area contributed by atoms with Crippen molar-refractivity contribution in [2.24, 2.45) is 5.73 Å². The van der Waals surface area contributed by atoms with Crippen molar-refractivity contribution < 1.29 is 13.9 Å². The van der Waals surface area contributed by atoms with Crippen LogP contribution in [-0.4, -0.2) is 5.11 Å². The van der Waals surface area contributed by atoms with Crippen LogP contribution in [0.15, 0.2) is 36.4 Å². The third-order valence-electron chi connectivity index (χ3n) is 2.88. The first-order chi connectivity index (χ1) is 8.49. The molecule has 0 heterocycles. The lowest BCUT2D eigenvalue weighted by molar-refractivity contribution is 0.462. The molecular formula is C14H13F2NO. The Labute approximate surface area is 104 Å². The molecule has 0 spiro atoms. The molecular weight excluding hydrogens is 236 g/mol. The third kappa shape index (κ3) is 2.33. The molecule has 2 aromatic rings. The second kappa shape index (κ2) is 4.74. The monoisotopic (exact) mass is 249 g/mol. The molecule has 3 N–H and O–H groups in total. The minimum absolute atomic E-state index is 0.107. The summed E-state index contributed by atoms with van der Waals surface area (Å²) in [7, 11) is 0. The van der Waals surface area contributed by atoms with Crippen LogP contribution in [0.1, 0.15) is 22.7 Å². The van der Waals surface area contributed by atoms with Crippen molar-refractivity contribution in [3.63, 3.8) is 0 Å². The van der Waals surface area contributed by atoms with Crippen molar-refractivity contribution in [1.82, 2.24) is 0 Å². The van der Waals surface area contributed by atoms with Crippen molar-refractivity contribution in [1.29, 1.82) is 0 Å². The first-order valence-electron chi connectivity index (χ1n) is 5.49. The van der Waals surface area contributed by atoms with Gasteiger partial charge in [-0.3, -0.25) is 0 Å². The van der Waals surface area contributed by atoms with E-state index in [1.165, 1.54) is 12.1 Å². The molecule has 0 fully saturated rings. The molecule has 2 aromatic carbocycles. The lowest BCUT2D eigenvalue weighted by Gasteiger charge is -2.14. The summed E-state index contributed by atoms with van der Waals surface area (Å²) in [6, 6.07) is 7.31. The van der Waals surface area contributed by atoms with Crippen molar-refractivity contribution >= 4 is 0 Å². The number of phenolic OH excluding ortho intramolecular Hbond substituents is 1. The van der Waals surface area contributed by atoms with Gasteiger partial charge < -0.3 is 10.8 Å². The van der Waals surface area contributed by atoms with Crippen LogP contribution in [0.2, 0.25) is 0 Å². The normalized spacial score (nSPS) is 12.4. The number of rotatable bonds is 2. The molecule has 1 atom stereocenters. The Morgan fingerprint density at radius 3 is 2.50 bits per heavy atom. The predicted octanol–water partition coefficient (Wildman–Crippen LogP) is 3.03. The van der Waals surface area contributed by atoms with E-state index in [0.29, 0.717) is 11.1 Å². The smallest absolute Gasteiger partial charge is 0.126 e. The van der Waals surface area contributed by atoms with E-state index in [9.17, 15) is 13.9 Å². The van der Waals surface area contributed by atoms with Gasteiger partial charge in [0.1, 0.15) is 17.4 Å². The third-order valence-corrected chi connectivity index (χ3v) is 2.88. The zero-order valence-corrected chi connectivity index (χ0v) is 9.82. The van der Waals surface area contributed by atoms with E-state index in [-0.39, 0.29) is 17.1 Å². The summed E-state index contributed by atoms with van der Waals surface area (Å²) in [6.07, 6.45) is 0. The number of hydrogen-bond donors (Lipinski definition) is 2. The van der Waals surface area contributed by atoms with Gasteiger partial charge in [0.05, 0.1) is 6.04 Å². The van der Waals surface area contributed by atoms with Gasteiger partial charge in [0, 0.05) is 5.56 Å². The Morgan fingerprint density at radius 1 is 1.11 bits per heavy atom. The van der Waals surface area contributed by atoms with E-state index in [1.54, 1.807) is 19.1 Å². The van der Waals surface area contributed by atoms with Gasteiger partial charge in [0.15, 0.2) is 0 Å². The average Bonchev–Trinajstić information content (AvgIpc) is 2.35. The van der Waals surface area contributed by atoms with E-state index in [2.05, 4.69) is 0 Å². The molecule has 18 heavy (non-hydrogen) atoms. The molecule has 0 radical (unpaired) electrons. The fourth-order valence-corrected chi connectivity index (χ4v) is 1.76. The number of nitrogens with two attached hydrogens (primary N) is 1. The van der Waals surface area contributed by atoms with Crippen LogP contribution in [0.4, 0.5) is 8.78 Å². The summed E-state index contributed by atoms with van der Waals surface area (Å²) >= 11 is 0. The first-order valence-corrected chi connectivity index (χ1v) is 5.49. The summed E-state index contributed by atoms with van der Waals surface area (Å²) in [6.45, 7) is 1.64. The number of benzene rings is 2. The zero-order valence-electron chi connectivity index (χ0n) is 9.82. The van der Waals surface area contributed by atoms with Gasteiger partial charge in [-0.15, -0.1) is 0 Å². The Balaban J connectivity index is 2.44. The molecule has 0 aliphatic heterocycles. The molecule has 0 saturated carbocycles. The summed E-state index contributed by atoms with van der Waals surface area (Å²) in [4.78, 5) is 0. The molecule has 0 aliphatic rings. The first kappa shape index (κ1) is 12.5. The van der Waals surface area contributed by atoms with Crippen LogP contribution in [0, 0.1) is 18.6 Å². The van der Waals surface area contributed by atoms with Crippen molar-refractivity contribution in [2.75, 3.05) is 0 Å². The number of aromatic hydroxyl groups is 1. The van der Waals surface area contributed by atoms with Crippen LogP contribution in [0.25, 0.3) is 0 Å². The maximum atomic E-state index is 13.4. The molecule has 0 aromatic heterocycles. The van der Waals surface area contributed by atoms with E-state index in [1.807, 2.05) is 0 Å². The van der Waals surface area contributed by atoms with Gasteiger partial charge in [-0.25, -0.2) is 8.78 Å². The molecule has 2 rings (SSSR count). The van der Waals surface area contributed by atoms with E-state index in [4.69, 9.17) is 5.73 Å². The highest BCUT2D eigenvalue weighted by atomic mass is 19.1. The standard InChI is InChI=1S/C14H13F2NO/c1-8-2-3-9(6-12(8)16)14(17)11-7-10(15)4-5-13(11)18/h2-7,14,18H,17H2,1H3. The maximum absolute atomic E-state index is 13.4. The fraction of sp³-hybridized carbons (Fsp3) is 0.143. The predicted molar refractivity (Wildman–Crippen MR) is 65.2 cm³/mol. The van der Waals surface area contributed by atoms with Gasteiger partial charge in [-0.05, 0) is 42.3 Å². The van der Waals surface area contributed by atoms with Crippen LogP contribution < -0.4 is 5.73 Å². The van der Waals surface area contributed by atoms with Gasteiger partial charge in [0.2, 0.25) is 0 Å². The minimum Gasteiger partial charge on any atom is -0.508 e. The van der Waals surface area contributed by atoms with Crippen LogP contribution >= 0.6 is 0 Å². The molecule has 1 unspecified atom stereocenters. The summed E-state index contributed by atoms with van der Waals surface area (Å²) in [5.41, 5.74) is 7.14. The van der Waals surface area contributed by atoms with Crippen LogP contribution in [0.3, 0.4) is 0 Å². The van der Waals surface area contributed by atoms with Gasteiger partial charge in [0.25, 0.3) is 0 Å². The summed E-state index contributed by atoms with van der Waals surface area (Å²) < 4.78 is 26.6. The second-order valence-corrected chi connectivity index (χ2v) is 4.19.